The van der Waals surface area contributed by atoms with E-state index in [1.165, 1.54) is 0 Å². The number of methoxy groups -OCH3 is 2. The van der Waals surface area contributed by atoms with E-state index in [1.807, 2.05) is 6.07 Å². The molecule has 1 aromatic carbocycles. The fourth-order valence-electron chi connectivity index (χ4n) is 1.78. The fourth-order valence-corrected chi connectivity index (χ4v) is 1.78. The highest BCUT2D eigenvalue weighted by atomic mass is 16.5. The van der Waals surface area contributed by atoms with Crippen molar-refractivity contribution in [1.82, 2.24) is 15.3 Å². The van der Waals surface area contributed by atoms with Crippen LogP contribution < -0.4 is 5.32 Å². The lowest BCUT2D eigenvalue weighted by Gasteiger charge is -2.14. The van der Waals surface area contributed by atoms with Gasteiger partial charge in [-0.2, -0.15) is 0 Å². The van der Waals surface area contributed by atoms with Crippen molar-refractivity contribution >= 4 is 16.9 Å². The maximum Gasteiger partial charge on any atom is 0.251 e. The zero-order valence-corrected chi connectivity index (χ0v) is 11.0. The Morgan fingerprint density at radius 1 is 1.47 bits per heavy atom. The number of nitrogens with zero attached hydrogens (tertiary/aromatic N) is 1. The van der Waals surface area contributed by atoms with Crippen LogP contribution >= 0.6 is 0 Å². The number of aromatic amines is 1. The normalized spacial score (nSPS) is 12.5. The number of fused-ring (bicyclic) bond motifs is 1. The van der Waals surface area contributed by atoms with Crippen LogP contribution in [0.15, 0.2) is 24.5 Å². The quantitative estimate of drug-likeness (QED) is 0.813. The summed E-state index contributed by atoms with van der Waals surface area (Å²) in [7, 11) is 3.19. The molecule has 0 fully saturated rings. The van der Waals surface area contributed by atoms with E-state index in [1.54, 1.807) is 32.7 Å². The number of H-pyrrole nitrogens is 1. The van der Waals surface area contributed by atoms with E-state index in [9.17, 15) is 4.79 Å². The Bertz CT molecular complexity index is 553. The lowest BCUT2D eigenvalue weighted by atomic mass is 10.2. The summed E-state index contributed by atoms with van der Waals surface area (Å²) in [5.74, 6) is -0.144. The van der Waals surface area contributed by atoms with Crippen molar-refractivity contribution in [2.75, 3.05) is 27.4 Å². The lowest BCUT2D eigenvalue weighted by Crippen LogP contribution is -2.35. The number of benzene rings is 1. The van der Waals surface area contributed by atoms with E-state index in [0.29, 0.717) is 18.7 Å². The van der Waals surface area contributed by atoms with Crippen molar-refractivity contribution < 1.29 is 14.3 Å². The van der Waals surface area contributed by atoms with Gasteiger partial charge in [0.25, 0.3) is 5.91 Å². The Kier molecular flexibility index (Phi) is 4.48. The summed E-state index contributed by atoms with van der Waals surface area (Å²) < 4.78 is 10.2. The predicted octanol–water partition coefficient (Wildman–Crippen LogP) is 0.954. The second-order valence-electron chi connectivity index (χ2n) is 4.16. The zero-order valence-electron chi connectivity index (χ0n) is 11.0. The molecule has 1 heterocycles. The van der Waals surface area contributed by atoms with Gasteiger partial charge in [0.1, 0.15) is 0 Å². The molecule has 0 aliphatic carbocycles. The molecule has 1 aromatic heterocycles. The van der Waals surface area contributed by atoms with Crippen molar-refractivity contribution in [1.29, 1.82) is 0 Å². The summed E-state index contributed by atoms with van der Waals surface area (Å²) in [6.07, 6.45) is 1.45. The van der Waals surface area contributed by atoms with Crippen LogP contribution in [0.4, 0.5) is 0 Å². The van der Waals surface area contributed by atoms with Crippen LogP contribution in [0.5, 0.6) is 0 Å². The molecule has 6 nitrogen and oxygen atoms in total. The van der Waals surface area contributed by atoms with Gasteiger partial charge in [0.05, 0.1) is 30.1 Å². The number of carbonyl (C=O) groups excluding carboxylic acids is 1. The van der Waals surface area contributed by atoms with Crippen LogP contribution in [0.3, 0.4) is 0 Å². The highest BCUT2D eigenvalue weighted by Crippen LogP contribution is 2.11. The number of carbonyl (C=O) groups is 1. The van der Waals surface area contributed by atoms with Gasteiger partial charge in [-0.05, 0) is 18.2 Å². The lowest BCUT2D eigenvalue weighted by molar-refractivity contribution is 0.0285. The van der Waals surface area contributed by atoms with E-state index in [0.717, 1.165) is 11.0 Å². The Morgan fingerprint density at radius 2 is 2.32 bits per heavy atom. The van der Waals surface area contributed by atoms with E-state index >= 15 is 0 Å². The number of nitrogens with one attached hydrogen (secondary N) is 2. The number of amides is 1. The van der Waals surface area contributed by atoms with Gasteiger partial charge < -0.3 is 19.8 Å². The summed E-state index contributed by atoms with van der Waals surface area (Å²) >= 11 is 0. The Hall–Kier alpha value is -1.92. The molecule has 19 heavy (non-hydrogen) atoms. The molecule has 6 heteroatoms. The molecule has 0 bridgehead atoms. The molecule has 0 spiro atoms. The molecule has 0 aliphatic rings. The second kappa shape index (κ2) is 6.31. The van der Waals surface area contributed by atoms with E-state index in [2.05, 4.69) is 15.3 Å². The van der Waals surface area contributed by atoms with Crippen LogP contribution in [0.2, 0.25) is 0 Å². The molecule has 1 amide bonds. The molecule has 0 aliphatic heterocycles. The molecule has 1 atom stereocenters. The van der Waals surface area contributed by atoms with Gasteiger partial charge >= 0.3 is 0 Å². The first-order chi connectivity index (χ1) is 9.24. The molecule has 102 valence electrons. The van der Waals surface area contributed by atoms with Crippen LogP contribution in [0.25, 0.3) is 11.0 Å². The topological polar surface area (TPSA) is 76.2 Å². The smallest absolute Gasteiger partial charge is 0.251 e. The highest BCUT2D eigenvalue weighted by molar-refractivity contribution is 5.97. The Morgan fingerprint density at radius 3 is 3.05 bits per heavy atom. The molecule has 0 saturated carbocycles. The molecular weight excluding hydrogens is 246 g/mol. The van der Waals surface area contributed by atoms with Crippen molar-refractivity contribution in [2.24, 2.45) is 0 Å². The minimum Gasteiger partial charge on any atom is -0.382 e. The van der Waals surface area contributed by atoms with Gasteiger partial charge in [0.15, 0.2) is 0 Å². The molecule has 0 saturated heterocycles. The van der Waals surface area contributed by atoms with Crippen LogP contribution in [0, 0.1) is 0 Å². The van der Waals surface area contributed by atoms with Crippen LogP contribution in [0.1, 0.15) is 10.4 Å². The zero-order chi connectivity index (χ0) is 13.7. The summed E-state index contributed by atoms with van der Waals surface area (Å²) in [4.78, 5) is 19.1. The van der Waals surface area contributed by atoms with Gasteiger partial charge in [-0.25, -0.2) is 4.98 Å². The summed E-state index contributed by atoms with van der Waals surface area (Å²) in [6.45, 7) is 0.848. The van der Waals surface area contributed by atoms with E-state index in [-0.39, 0.29) is 12.0 Å². The molecular formula is C13H17N3O3. The second-order valence-corrected chi connectivity index (χ2v) is 4.16. The average Bonchev–Trinajstić information content (AvgIpc) is 2.90. The average molecular weight is 263 g/mol. The van der Waals surface area contributed by atoms with Crippen LogP contribution in [-0.2, 0) is 9.47 Å². The van der Waals surface area contributed by atoms with Gasteiger partial charge in [0, 0.05) is 26.3 Å². The Labute approximate surface area is 111 Å². The SMILES string of the molecule is COCC(CNC(=O)c1ccc2nc[nH]c2c1)OC. The summed E-state index contributed by atoms with van der Waals surface area (Å²) in [5.41, 5.74) is 2.27. The molecule has 2 rings (SSSR count). The maximum absolute atomic E-state index is 12.0. The number of ether oxygens (including phenoxy) is 2. The third kappa shape index (κ3) is 3.30. The summed E-state index contributed by atoms with van der Waals surface area (Å²) in [5, 5.41) is 2.81. The summed E-state index contributed by atoms with van der Waals surface area (Å²) in [6, 6.07) is 5.33. The fraction of sp³-hybridized carbons (Fsp3) is 0.385. The van der Waals surface area contributed by atoms with E-state index < -0.39 is 0 Å². The van der Waals surface area contributed by atoms with Crippen molar-refractivity contribution in [3.63, 3.8) is 0 Å². The molecule has 1 unspecified atom stereocenters. The molecule has 0 radical (unpaired) electrons. The third-order valence-corrected chi connectivity index (χ3v) is 2.86. The monoisotopic (exact) mass is 263 g/mol. The molecule has 2 N–H and O–H groups in total. The highest BCUT2D eigenvalue weighted by Gasteiger charge is 2.11. The third-order valence-electron chi connectivity index (χ3n) is 2.86. The number of aromatic nitrogens is 2. The predicted molar refractivity (Wildman–Crippen MR) is 71.1 cm³/mol. The minimum absolute atomic E-state index is 0.144. The van der Waals surface area contributed by atoms with Gasteiger partial charge in [-0.3, -0.25) is 4.79 Å². The van der Waals surface area contributed by atoms with Gasteiger partial charge in [-0.1, -0.05) is 0 Å². The number of hydrogen-bond acceptors (Lipinski definition) is 4. The number of imidazole rings is 1. The number of hydrogen-bond donors (Lipinski definition) is 2. The largest absolute Gasteiger partial charge is 0.382 e. The Balaban J connectivity index is 1.98. The van der Waals surface area contributed by atoms with E-state index in [4.69, 9.17) is 9.47 Å². The first kappa shape index (κ1) is 13.5. The van der Waals surface area contributed by atoms with Gasteiger partial charge in [-0.15, -0.1) is 0 Å². The first-order valence-corrected chi connectivity index (χ1v) is 5.97. The van der Waals surface area contributed by atoms with Crippen molar-refractivity contribution in [2.45, 2.75) is 6.10 Å². The molecule has 2 aromatic rings. The number of rotatable bonds is 6. The van der Waals surface area contributed by atoms with Crippen LogP contribution in [-0.4, -0.2) is 49.4 Å². The first-order valence-electron chi connectivity index (χ1n) is 5.97. The van der Waals surface area contributed by atoms with Crippen molar-refractivity contribution in [3.8, 4) is 0 Å². The standard InChI is InChI=1S/C13H17N3O3/c1-18-7-10(19-2)6-14-13(17)9-3-4-11-12(5-9)16-8-15-11/h3-5,8,10H,6-7H2,1-2H3,(H,14,17)(H,15,16). The van der Waals surface area contributed by atoms with Gasteiger partial charge in [0.2, 0.25) is 0 Å². The minimum atomic E-state index is -0.148. The maximum atomic E-state index is 12.0. The van der Waals surface area contributed by atoms with Crippen molar-refractivity contribution in [3.05, 3.63) is 30.1 Å².